The largest absolute Gasteiger partial charge is 0.360 e. The van der Waals surface area contributed by atoms with Gasteiger partial charge in [-0.15, -0.1) is 0 Å². The van der Waals surface area contributed by atoms with E-state index in [1.165, 1.54) is 0 Å². The molecule has 0 aliphatic heterocycles. The molecule has 1 N–H and O–H groups in total. The van der Waals surface area contributed by atoms with Crippen LogP contribution >= 0.6 is 11.6 Å². The van der Waals surface area contributed by atoms with Crippen LogP contribution in [0, 0.1) is 13.8 Å². The van der Waals surface area contributed by atoms with E-state index in [0.29, 0.717) is 39.3 Å². The van der Waals surface area contributed by atoms with E-state index in [9.17, 15) is 4.79 Å². The highest BCUT2D eigenvalue weighted by Crippen LogP contribution is 2.31. The van der Waals surface area contributed by atoms with Gasteiger partial charge in [0.15, 0.2) is 0 Å². The Morgan fingerprint density at radius 3 is 2.63 bits per heavy atom. The van der Waals surface area contributed by atoms with Crippen molar-refractivity contribution in [2.75, 3.05) is 0 Å². The van der Waals surface area contributed by atoms with E-state index in [0.717, 1.165) is 11.1 Å². The summed E-state index contributed by atoms with van der Waals surface area (Å²) in [6, 6.07) is 14.4. The fourth-order valence-electron chi connectivity index (χ4n) is 3.12. The minimum atomic E-state index is -0.517. The lowest BCUT2D eigenvalue weighted by molar-refractivity contribution is 0.0931. The number of benzene rings is 2. The van der Waals surface area contributed by atoms with E-state index in [4.69, 9.17) is 20.6 Å². The Kier molecular flexibility index (Phi) is 5.37. The summed E-state index contributed by atoms with van der Waals surface area (Å²) in [5, 5.41) is 11.4. The molecule has 1 atom stereocenters. The molecule has 0 fully saturated rings. The SMILES string of the molecule is Cc1cccc(-c2noc([C@@H](C)NC(=O)c3c(-c4ccccc4Cl)noc3C)n2)c1. The van der Waals surface area contributed by atoms with Crippen molar-refractivity contribution in [1.29, 1.82) is 0 Å². The van der Waals surface area contributed by atoms with Gasteiger partial charge in [-0.3, -0.25) is 4.79 Å². The number of aromatic nitrogens is 3. The third kappa shape index (κ3) is 3.84. The summed E-state index contributed by atoms with van der Waals surface area (Å²) in [6.07, 6.45) is 0. The highest BCUT2D eigenvalue weighted by atomic mass is 35.5. The third-order valence-corrected chi connectivity index (χ3v) is 4.98. The molecule has 4 rings (SSSR count). The molecule has 152 valence electrons. The summed E-state index contributed by atoms with van der Waals surface area (Å²) >= 11 is 6.27. The van der Waals surface area contributed by atoms with Crippen molar-refractivity contribution in [2.45, 2.75) is 26.8 Å². The predicted octanol–water partition coefficient (Wildman–Crippen LogP) is 5.15. The van der Waals surface area contributed by atoms with E-state index in [2.05, 4.69) is 20.6 Å². The van der Waals surface area contributed by atoms with Crippen LogP contribution in [0.3, 0.4) is 0 Å². The molecule has 2 aromatic carbocycles. The van der Waals surface area contributed by atoms with Gasteiger partial charge in [-0.1, -0.05) is 63.9 Å². The lowest BCUT2D eigenvalue weighted by Gasteiger charge is -2.10. The molecule has 7 nitrogen and oxygen atoms in total. The third-order valence-electron chi connectivity index (χ3n) is 4.65. The first kappa shape index (κ1) is 19.8. The average Bonchev–Trinajstić information content (AvgIpc) is 3.35. The van der Waals surface area contributed by atoms with Crippen molar-refractivity contribution in [3.8, 4) is 22.6 Å². The molecule has 8 heteroatoms. The van der Waals surface area contributed by atoms with Crippen molar-refractivity contribution in [3.63, 3.8) is 0 Å². The minimum Gasteiger partial charge on any atom is -0.360 e. The van der Waals surface area contributed by atoms with Gasteiger partial charge >= 0.3 is 0 Å². The molecule has 0 aliphatic carbocycles. The maximum absolute atomic E-state index is 13.0. The van der Waals surface area contributed by atoms with Gasteiger partial charge in [-0.25, -0.2) is 0 Å². The molecular weight excluding hydrogens is 404 g/mol. The Morgan fingerprint density at radius 1 is 1.07 bits per heavy atom. The Bertz CT molecular complexity index is 1210. The van der Waals surface area contributed by atoms with Crippen molar-refractivity contribution < 1.29 is 13.8 Å². The Morgan fingerprint density at radius 2 is 1.87 bits per heavy atom. The van der Waals surface area contributed by atoms with E-state index in [1.54, 1.807) is 26.0 Å². The van der Waals surface area contributed by atoms with E-state index in [1.807, 2.05) is 43.3 Å². The van der Waals surface area contributed by atoms with Crippen LogP contribution in [0.1, 0.15) is 40.5 Å². The number of rotatable bonds is 5. The van der Waals surface area contributed by atoms with Gasteiger partial charge in [0, 0.05) is 11.1 Å². The second kappa shape index (κ2) is 8.12. The maximum Gasteiger partial charge on any atom is 0.257 e. The van der Waals surface area contributed by atoms with E-state index >= 15 is 0 Å². The summed E-state index contributed by atoms with van der Waals surface area (Å²) in [5.74, 6) is 0.785. The molecular formula is C22H19ClN4O3. The Labute approximate surface area is 178 Å². The van der Waals surface area contributed by atoms with Crippen molar-refractivity contribution in [2.24, 2.45) is 0 Å². The topological polar surface area (TPSA) is 94.1 Å². The minimum absolute atomic E-state index is 0.299. The number of aryl methyl sites for hydroxylation is 2. The second-order valence-corrected chi connectivity index (χ2v) is 7.37. The summed E-state index contributed by atoms with van der Waals surface area (Å²) in [6.45, 7) is 5.43. The second-order valence-electron chi connectivity index (χ2n) is 6.96. The van der Waals surface area contributed by atoms with Crippen LogP contribution in [0.5, 0.6) is 0 Å². The van der Waals surface area contributed by atoms with Crippen LogP contribution in [0.2, 0.25) is 5.02 Å². The lowest BCUT2D eigenvalue weighted by atomic mass is 10.1. The molecule has 0 saturated carbocycles. The molecule has 30 heavy (non-hydrogen) atoms. The zero-order valence-corrected chi connectivity index (χ0v) is 17.4. The molecule has 0 aliphatic rings. The van der Waals surface area contributed by atoms with Crippen LogP contribution < -0.4 is 5.32 Å². The number of hydrogen-bond acceptors (Lipinski definition) is 6. The van der Waals surface area contributed by atoms with Gasteiger partial charge in [0.2, 0.25) is 11.7 Å². The number of nitrogens with zero attached hydrogens (tertiary/aromatic N) is 3. The van der Waals surface area contributed by atoms with Gasteiger partial charge in [0.1, 0.15) is 23.1 Å². The number of carbonyl (C=O) groups excluding carboxylic acids is 1. The van der Waals surface area contributed by atoms with Gasteiger partial charge in [0.25, 0.3) is 5.91 Å². The first-order valence-electron chi connectivity index (χ1n) is 9.36. The van der Waals surface area contributed by atoms with Gasteiger partial charge < -0.3 is 14.4 Å². The molecule has 0 unspecified atom stereocenters. The van der Waals surface area contributed by atoms with Crippen LogP contribution in [-0.2, 0) is 0 Å². The zero-order valence-electron chi connectivity index (χ0n) is 16.6. The summed E-state index contributed by atoms with van der Waals surface area (Å²) in [4.78, 5) is 17.4. The van der Waals surface area contributed by atoms with Crippen molar-refractivity contribution in [1.82, 2.24) is 20.6 Å². The smallest absolute Gasteiger partial charge is 0.257 e. The molecule has 2 aromatic heterocycles. The fraction of sp³-hybridized carbons (Fsp3) is 0.182. The standard InChI is InChI=1S/C22H19ClN4O3/c1-12-7-6-8-15(11-12)20-25-22(30-27-20)13(2)24-21(28)18-14(3)29-26-19(18)16-9-4-5-10-17(16)23/h4-11,13H,1-3H3,(H,24,28)/t13-/m1/s1. The number of amides is 1. The van der Waals surface area contributed by atoms with Crippen LogP contribution in [0.25, 0.3) is 22.6 Å². The molecule has 0 radical (unpaired) electrons. The molecule has 0 spiro atoms. The van der Waals surface area contributed by atoms with Crippen molar-refractivity contribution >= 4 is 17.5 Å². The highest BCUT2D eigenvalue weighted by Gasteiger charge is 2.26. The molecule has 1 amide bonds. The van der Waals surface area contributed by atoms with Crippen LogP contribution in [-0.4, -0.2) is 21.2 Å². The van der Waals surface area contributed by atoms with E-state index in [-0.39, 0.29) is 5.91 Å². The highest BCUT2D eigenvalue weighted by molar-refractivity contribution is 6.33. The number of nitrogens with one attached hydrogen (secondary N) is 1. The van der Waals surface area contributed by atoms with Gasteiger partial charge in [0.05, 0.1) is 5.02 Å². The Hall–Kier alpha value is -3.45. The average molecular weight is 423 g/mol. The predicted molar refractivity (Wildman–Crippen MR) is 112 cm³/mol. The maximum atomic E-state index is 13.0. The summed E-state index contributed by atoms with van der Waals surface area (Å²) < 4.78 is 10.6. The quantitative estimate of drug-likeness (QED) is 0.477. The molecule has 0 bridgehead atoms. The zero-order chi connectivity index (χ0) is 21.3. The number of hydrogen-bond donors (Lipinski definition) is 1. The van der Waals surface area contributed by atoms with Gasteiger partial charge in [-0.2, -0.15) is 4.98 Å². The van der Waals surface area contributed by atoms with Crippen LogP contribution in [0.4, 0.5) is 0 Å². The lowest BCUT2D eigenvalue weighted by Crippen LogP contribution is -2.27. The first-order valence-corrected chi connectivity index (χ1v) is 9.74. The van der Waals surface area contributed by atoms with E-state index < -0.39 is 6.04 Å². The monoisotopic (exact) mass is 422 g/mol. The van der Waals surface area contributed by atoms with Gasteiger partial charge in [-0.05, 0) is 32.9 Å². The number of halogens is 1. The summed E-state index contributed by atoms with van der Waals surface area (Å²) in [7, 11) is 0. The molecule has 0 saturated heterocycles. The van der Waals surface area contributed by atoms with Crippen LogP contribution in [0.15, 0.2) is 57.6 Å². The first-order chi connectivity index (χ1) is 14.4. The normalized spacial score (nSPS) is 12.0. The fourth-order valence-corrected chi connectivity index (χ4v) is 3.34. The Balaban J connectivity index is 1.57. The van der Waals surface area contributed by atoms with Crippen molar-refractivity contribution in [3.05, 3.63) is 76.3 Å². The molecule has 2 heterocycles. The molecule has 4 aromatic rings. The summed E-state index contributed by atoms with van der Waals surface area (Å²) in [5.41, 5.74) is 3.25. The number of carbonyl (C=O) groups is 1.